The van der Waals surface area contributed by atoms with Crippen molar-refractivity contribution in [1.82, 2.24) is 9.97 Å². The Kier molecular flexibility index (Phi) is 3.42. The molecule has 0 aliphatic carbocycles. The second kappa shape index (κ2) is 5.54. The SMILES string of the molecule is O=[N+]([O-])c1ccccc1CNc1ncc2ccccc2n1. The number of fused-ring (bicyclic) bond motifs is 1. The topological polar surface area (TPSA) is 81.0 Å². The molecule has 1 aromatic heterocycles. The lowest BCUT2D eigenvalue weighted by Gasteiger charge is -2.06. The Balaban J connectivity index is 1.82. The maximum Gasteiger partial charge on any atom is 0.274 e. The second-order valence-corrected chi connectivity index (χ2v) is 4.49. The molecular formula is C15H12N4O2. The molecule has 104 valence electrons. The second-order valence-electron chi connectivity index (χ2n) is 4.49. The number of nitro benzene ring substituents is 1. The Morgan fingerprint density at radius 1 is 1.10 bits per heavy atom. The van der Waals surface area contributed by atoms with Crippen LogP contribution in [0.3, 0.4) is 0 Å². The van der Waals surface area contributed by atoms with E-state index in [2.05, 4.69) is 15.3 Å². The highest BCUT2D eigenvalue weighted by atomic mass is 16.6. The van der Waals surface area contributed by atoms with Crippen LogP contribution in [0.2, 0.25) is 0 Å². The summed E-state index contributed by atoms with van der Waals surface area (Å²) in [6, 6.07) is 14.3. The average Bonchev–Trinajstić information content (AvgIpc) is 2.53. The van der Waals surface area contributed by atoms with E-state index in [1.165, 1.54) is 6.07 Å². The van der Waals surface area contributed by atoms with Gasteiger partial charge < -0.3 is 5.32 Å². The van der Waals surface area contributed by atoms with E-state index in [0.717, 1.165) is 10.9 Å². The maximum absolute atomic E-state index is 11.0. The third-order valence-corrected chi connectivity index (χ3v) is 3.11. The van der Waals surface area contributed by atoms with E-state index in [9.17, 15) is 10.1 Å². The van der Waals surface area contributed by atoms with E-state index >= 15 is 0 Å². The van der Waals surface area contributed by atoms with Crippen molar-refractivity contribution >= 4 is 22.5 Å². The molecule has 1 heterocycles. The van der Waals surface area contributed by atoms with E-state index in [1.807, 2.05) is 24.3 Å². The average molecular weight is 280 g/mol. The summed E-state index contributed by atoms with van der Waals surface area (Å²) in [5.74, 6) is 0.451. The van der Waals surface area contributed by atoms with Gasteiger partial charge in [0.25, 0.3) is 5.69 Å². The normalized spacial score (nSPS) is 10.5. The number of hydrogen-bond acceptors (Lipinski definition) is 5. The number of hydrogen-bond donors (Lipinski definition) is 1. The fourth-order valence-corrected chi connectivity index (χ4v) is 2.07. The van der Waals surface area contributed by atoms with Gasteiger partial charge >= 0.3 is 0 Å². The lowest BCUT2D eigenvalue weighted by atomic mass is 10.2. The molecule has 0 saturated heterocycles. The Bertz CT molecular complexity index is 804. The molecule has 2 aromatic carbocycles. The zero-order valence-corrected chi connectivity index (χ0v) is 11.1. The maximum atomic E-state index is 11.0. The molecule has 6 nitrogen and oxygen atoms in total. The molecule has 0 spiro atoms. The summed E-state index contributed by atoms with van der Waals surface area (Å²) in [7, 11) is 0. The van der Waals surface area contributed by atoms with Crippen LogP contribution < -0.4 is 5.32 Å². The molecule has 0 amide bonds. The molecule has 0 fully saturated rings. The van der Waals surface area contributed by atoms with Crippen molar-refractivity contribution in [2.45, 2.75) is 6.54 Å². The number of nitrogens with zero attached hydrogens (tertiary/aromatic N) is 3. The van der Waals surface area contributed by atoms with Crippen molar-refractivity contribution in [3.05, 3.63) is 70.4 Å². The molecule has 0 atom stereocenters. The lowest BCUT2D eigenvalue weighted by molar-refractivity contribution is -0.385. The number of para-hydroxylation sites is 2. The predicted octanol–water partition coefficient (Wildman–Crippen LogP) is 3.15. The molecule has 6 heteroatoms. The highest BCUT2D eigenvalue weighted by molar-refractivity contribution is 5.78. The molecule has 0 radical (unpaired) electrons. The number of anilines is 1. The molecule has 0 aliphatic rings. The van der Waals surface area contributed by atoms with Gasteiger partial charge in [-0.1, -0.05) is 36.4 Å². The molecule has 0 unspecified atom stereocenters. The fourth-order valence-electron chi connectivity index (χ4n) is 2.07. The summed E-state index contributed by atoms with van der Waals surface area (Å²) < 4.78 is 0. The van der Waals surface area contributed by atoms with Gasteiger partial charge in [0.15, 0.2) is 0 Å². The highest BCUT2D eigenvalue weighted by Crippen LogP contribution is 2.19. The van der Waals surface area contributed by atoms with Crippen LogP contribution in [0.4, 0.5) is 11.6 Å². The van der Waals surface area contributed by atoms with Crippen molar-refractivity contribution in [3.8, 4) is 0 Å². The van der Waals surface area contributed by atoms with Gasteiger partial charge in [0.1, 0.15) is 0 Å². The van der Waals surface area contributed by atoms with Crippen LogP contribution in [0.1, 0.15) is 5.56 Å². The van der Waals surface area contributed by atoms with Gasteiger partial charge in [0.05, 0.1) is 10.4 Å². The van der Waals surface area contributed by atoms with Crippen molar-refractivity contribution < 1.29 is 4.92 Å². The summed E-state index contributed by atoms with van der Waals surface area (Å²) in [5.41, 5.74) is 1.52. The third kappa shape index (κ3) is 2.79. The monoisotopic (exact) mass is 280 g/mol. The Labute approximate surface area is 120 Å². The minimum atomic E-state index is -0.391. The third-order valence-electron chi connectivity index (χ3n) is 3.11. The standard InChI is InChI=1S/C15H12N4O2/c20-19(21)14-8-4-2-6-12(14)10-17-15-16-9-11-5-1-3-7-13(11)18-15/h1-9H,10H2,(H,16,17,18). The molecule has 1 N–H and O–H groups in total. The van der Waals surface area contributed by atoms with Gasteiger partial charge in [0.2, 0.25) is 5.95 Å². The van der Waals surface area contributed by atoms with E-state index in [1.54, 1.807) is 24.4 Å². The molecule has 0 saturated carbocycles. The van der Waals surface area contributed by atoms with Crippen LogP contribution in [-0.4, -0.2) is 14.9 Å². The summed E-state index contributed by atoms with van der Waals surface area (Å²) >= 11 is 0. The number of aromatic nitrogens is 2. The van der Waals surface area contributed by atoms with Crippen molar-refractivity contribution in [2.75, 3.05) is 5.32 Å². The zero-order chi connectivity index (χ0) is 14.7. The lowest BCUT2D eigenvalue weighted by Crippen LogP contribution is -2.05. The van der Waals surface area contributed by atoms with Gasteiger partial charge in [-0.25, -0.2) is 9.97 Å². The van der Waals surface area contributed by atoms with Crippen molar-refractivity contribution in [2.24, 2.45) is 0 Å². The summed E-state index contributed by atoms with van der Waals surface area (Å²) in [5, 5.41) is 14.9. The van der Waals surface area contributed by atoms with Crippen molar-refractivity contribution in [3.63, 3.8) is 0 Å². The van der Waals surface area contributed by atoms with Gasteiger partial charge in [-0.2, -0.15) is 0 Å². The number of nitro groups is 1. The first kappa shape index (κ1) is 13.0. The van der Waals surface area contributed by atoms with Gasteiger partial charge in [-0.3, -0.25) is 10.1 Å². The van der Waals surface area contributed by atoms with E-state index in [0.29, 0.717) is 18.1 Å². The van der Waals surface area contributed by atoms with Crippen LogP contribution >= 0.6 is 0 Å². The van der Waals surface area contributed by atoms with Crippen molar-refractivity contribution in [1.29, 1.82) is 0 Å². The predicted molar refractivity (Wildman–Crippen MR) is 80.0 cm³/mol. The Morgan fingerprint density at radius 3 is 2.71 bits per heavy atom. The number of nitrogens with one attached hydrogen (secondary N) is 1. The van der Waals surface area contributed by atoms with Crippen LogP contribution in [0.25, 0.3) is 10.9 Å². The first-order valence-electron chi connectivity index (χ1n) is 6.42. The van der Waals surface area contributed by atoms with E-state index in [4.69, 9.17) is 0 Å². The first-order chi connectivity index (χ1) is 10.2. The Hall–Kier alpha value is -3.02. The zero-order valence-electron chi connectivity index (χ0n) is 11.1. The molecule has 21 heavy (non-hydrogen) atoms. The van der Waals surface area contributed by atoms with Gasteiger partial charge in [0, 0.05) is 29.8 Å². The minimum Gasteiger partial charge on any atom is -0.350 e. The summed E-state index contributed by atoms with van der Waals surface area (Å²) in [6.45, 7) is 0.301. The number of benzene rings is 2. The van der Waals surface area contributed by atoms with Gasteiger partial charge in [-0.05, 0) is 6.07 Å². The highest BCUT2D eigenvalue weighted by Gasteiger charge is 2.12. The molecule has 0 aliphatic heterocycles. The van der Waals surface area contributed by atoms with Crippen LogP contribution in [0, 0.1) is 10.1 Å². The number of rotatable bonds is 4. The van der Waals surface area contributed by atoms with E-state index in [-0.39, 0.29) is 5.69 Å². The fraction of sp³-hybridized carbons (Fsp3) is 0.0667. The van der Waals surface area contributed by atoms with Gasteiger partial charge in [-0.15, -0.1) is 0 Å². The van der Waals surface area contributed by atoms with Crippen LogP contribution in [0.15, 0.2) is 54.7 Å². The first-order valence-corrected chi connectivity index (χ1v) is 6.42. The largest absolute Gasteiger partial charge is 0.350 e. The molecule has 0 bridgehead atoms. The quantitative estimate of drug-likeness (QED) is 0.586. The molecular weight excluding hydrogens is 268 g/mol. The molecule has 3 aromatic rings. The smallest absolute Gasteiger partial charge is 0.274 e. The van der Waals surface area contributed by atoms with Crippen LogP contribution in [-0.2, 0) is 6.54 Å². The van der Waals surface area contributed by atoms with E-state index < -0.39 is 4.92 Å². The summed E-state index contributed by atoms with van der Waals surface area (Å²) in [4.78, 5) is 19.1. The minimum absolute atomic E-state index is 0.0887. The van der Waals surface area contributed by atoms with Crippen LogP contribution in [0.5, 0.6) is 0 Å². The Morgan fingerprint density at radius 2 is 1.86 bits per heavy atom. The molecule has 3 rings (SSSR count). The summed E-state index contributed by atoms with van der Waals surface area (Å²) in [6.07, 6.45) is 1.73.